The van der Waals surface area contributed by atoms with Gasteiger partial charge in [-0.3, -0.25) is 4.79 Å². The van der Waals surface area contributed by atoms with Crippen LogP contribution in [-0.4, -0.2) is 56.9 Å². The molecule has 218 valence electrons. The highest BCUT2D eigenvalue weighted by Crippen LogP contribution is 2.72. The lowest BCUT2D eigenvalue weighted by Crippen LogP contribution is -2.70. The molecule has 0 heterocycles. The standard InChI is InChI=1S/C32H54O6/c1-15(2)17(4)30(6)14-24(30)16(3)21-9-10-22-20-13-25(35)23-11-19(34)12-26(36)32(23,8)27(20)28(37)29(31(21,22)7)38-18(5)33/h15-17,19-29,34-37H,9-14H2,1-8H3/t16-,17+,19+,20-,21+,22-,23?,24+,25+,26-,27+,28-,29+,30+,31+,32+/m0/s1. The van der Waals surface area contributed by atoms with Crippen LogP contribution in [0.5, 0.6) is 0 Å². The Morgan fingerprint density at radius 3 is 2.13 bits per heavy atom. The highest BCUT2D eigenvalue weighted by molar-refractivity contribution is 5.66. The number of hydrogen-bond acceptors (Lipinski definition) is 6. The largest absolute Gasteiger partial charge is 0.459 e. The summed E-state index contributed by atoms with van der Waals surface area (Å²) in [6.45, 7) is 17.6. The van der Waals surface area contributed by atoms with E-state index in [1.807, 2.05) is 6.92 Å². The molecular formula is C32H54O6. The van der Waals surface area contributed by atoms with Crippen LogP contribution in [0, 0.1) is 69.5 Å². The molecule has 5 aliphatic rings. The molecule has 0 amide bonds. The van der Waals surface area contributed by atoms with Crippen LogP contribution in [-0.2, 0) is 9.53 Å². The normalized spacial score (nSPS) is 55.4. The second kappa shape index (κ2) is 9.42. The van der Waals surface area contributed by atoms with Gasteiger partial charge in [0, 0.05) is 17.8 Å². The quantitative estimate of drug-likeness (QED) is 0.389. The molecule has 0 bridgehead atoms. The van der Waals surface area contributed by atoms with Crippen molar-refractivity contribution in [1.82, 2.24) is 0 Å². The van der Waals surface area contributed by atoms with E-state index in [2.05, 4.69) is 41.5 Å². The number of aliphatic hydroxyl groups is 4. The number of fused-ring (bicyclic) bond motifs is 5. The summed E-state index contributed by atoms with van der Waals surface area (Å²) < 4.78 is 6.11. The van der Waals surface area contributed by atoms with E-state index in [-0.39, 0.29) is 36.1 Å². The van der Waals surface area contributed by atoms with E-state index in [9.17, 15) is 25.2 Å². The third-order valence-corrected chi connectivity index (χ3v) is 13.8. The Morgan fingerprint density at radius 1 is 0.868 bits per heavy atom. The van der Waals surface area contributed by atoms with E-state index in [0.29, 0.717) is 47.8 Å². The lowest BCUT2D eigenvalue weighted by atomic mass is 9.41. The molecular weight excluding hydrogens is 480 g/mol. The van der Waals surface area contributed by atoms with Crippen LogP contribution in [0.3, 0.4) is 0 Å². The van der Waals surface area contributed by atoms with Gasteiger partial charge in [0.1, 0.15) is 6.10 Å². The maximum absolute atomic E-state index is 12.5. The lowest BCUT2D eigenvalue weighted by Gasteiger charge is -2.66. The number of rotatable bonds is 5. The summed E-state index contributed by atoms with van der Waals surface area (Å²) in [7, 11) is 0. The van der Waals surface area contributed by atoms with Crippen molar-refractivity contribution in [1.29, 1.82) is 0 Å². The Bertz CT molecular complexity index is 922. The third-order valence-electron chi connectivity index (χ3n) is 13.8. The molecule has 0 aromatic rings. The van der Waals surface area contributed by atoms with Crippen molar-refractivity contribution in [2.24, 2.45) is 69.5 Å². The van der Waals surface area contributed by atoms with Crippen molar-refractivity contribution in [2.45, 2.75) is 124 Å². The second-order valence-electron chi connectivity index (χ2n) is 15.5. The van der Waals surface area contributed by atoms with E-state index < -0.39 is 41.3 Å². The van der Waals surface area contributed by atoms with Crippen LogP contribution in [0.15, 0.2) is 0 Å². The molecule has 6 heteroatoms. The van der Waals surface area contributed by atoms with Gasteiger partial charge >= 0.3 is 5.97 Å². The molecule has 6 nitrogen and oxygen atoms in total. The minimum atomic E-state index is -0.914. The van der Waals surface area contributed by atoms with Crippen molar-refractivity contribution < 1.29 is 30.0 Å². The van der Waals surface area contributed by atoms with E-state index in [1.54, 1.807) is 0 Å². The number of carbonyl (C=O) groups is 1. The third kappa shape index (κ3) is 3.89. The van der Waals surface area contributed by atoms with Crippen LogP contribution in [0.25, 0.3) is 0 Å². The van der Waals surface area contributed by atoms with Gasteiger partial charge in [0.05, 0.1) is 24.4 Å². The summed E-state index contributed by atoms with van der Waals surface area (Å²) in [5, 5.41) is 45.4. The van der Waals surface area contributed by atoms with Crippen molar-refractivity contribution in [3.63, 3.8) is 0 Å². The SMILES string of the molecule is CC(=O)O[C@@H]1[C@@H](O)[C@H]2[C@@H](C[C@@H](O)C3C[C@@H](O)C[C@H](O)[C@@]32C)[C@@H]2CC[C@H]([C@H](C)[C@H]3C[C@]3(C)[C@H](C)C(C)C)[C@@]12C. The maximum atomic E-state index is 12.5. The fourth-order valence-electron chi connectivity index (χ4n) is 11.4. The molecule has 5 saturated carbocycles. The van der Waals surface area contributed by atoms with Crippen LogP contribution in [0.2, 0.25) is 0 Å². The summed E-state index contributed by atoms with van der Waals surface area (Å²) in [5.74, 6) is 1.95. The Balaban J connectivity index is 1.52. The van der Waals surface area contributed by atoms with Crippen molar-refractivity contribution in [2.75, 3.05) is 0 Å². The van der Waals surface area contributed by atoms with Crippen molar-refractivity contribution in [3.8, 4) is 0 Å². The molecule has 38 heavy (non-hydrogen) atoms. The molecule has 5 fully saturated rings. The molecule has 1 unspecified atom stereocenters. The first-order chi connectivity index (χ1) is 17.6. The first-order valence-corrected chi connectivity index (χ1v) is 15.5. The predicted octanol–water partition coefficient (Wildman–Crippen LogP) is 4.41. The van der Waals surface area contributed by atoms with Gasteiger partial charge in [-0.05, 0) is 97.2 Å². The number of hydrogen-bond donors (Lipinski definition) is 4. The summed E-state index contributed by atoms with van der Waals surface area (Å²) in [5.41, 5.74) is -0.811. The molecule has 16 atom stereocenters. The second-order valence-corrected chi connectivity index (χ2v) is 15.5. The van der Waals surface area contributed by atoms with Gasteiger partial charge < -0.3 is 25.2 Å². The molecule has 4 N–H and O–H groups in total. The molecule has 5 aliphatic carbocycles. The van der Waals surface area contributed by atoms with Gasteiger partial charge in [0.15, 0.2) is 0 Å². The van der Waals surface area contributed by atoms with Crippen molar-refractivity contribution in [3.05, 3.63) is 0 Å². The number of ether oxygens (including phenoxy) is 1. The number of esters is 1. The fourth-order valence-corrected chi connectivity index (χ4v) is 11.4. The van der Waals surface area contributed by atoms with E-state index in [0.717, 1.165) is 12.8 Å². The highest BCUT2D eigenvalue weighted by atomic mass is 16.6. The highest BCUT2D eigenvalue weighted by Gasteiger charge is 2.72. The predicted molar refractivity (Wildman–Crippen MR) is 146 cm³/mol. The fraction of sp³-hybridized carbons (Fsp3) is 0.969. The van der Waals surface area contributed by atoms with Crippen LogP contribution in [0.4, 0.5) is 0 Å². The molecule has 0 spiro atoms. The molecule has 0 radical (unpaired) electrons. The van der Waals surface area contributed by atoms with Gasteiger partial charge in [0.25, 0.3) is 0 Å². The van der Waals surface area contributed by atoms with Gasteiger partial charge in [-0.15, -0.1) is 0 Å². The summed E-state index contributed by atoms with van der Waals surface area (Å²) in [6.07, 6.45) is 0.863. The zero-order chi connectivity index (χ0) is 28.1. The van der Waals surface area contributed by atoms with Crippen LogP contribution < -0.4 is 0 Å². The van der Waals surface area contributed by atoms with Gasteiger partial charge in [-0.1, -0.05) is 48.5 Å². The molecule has 0 aliphatic heterocycles. The summed E-state index contributed by atoms with van der Waals surface area (Å²) in [4.78, 5) is 12.5. The Hall–Kier alpha value is -0.690. The monoisotopic (exact) mass is 534 g/mol. The Morgan fingerprint density at radius 2 is 1.53 bits per heavy atom. The summed E-state index contributed by atoms with van der Waals surface area (Å²) in [6, 6.07) is 0. The van der Waals surface area contributed by atoms with Crippen LogP contribution in [0.1, 0.15) is 93.9 Å². The minimum Gasteiger partial charge on any atom is -0.459 e. The number of aliphatic hydroxyl groups excluding tert-OH is 4. The maximum Gasteiger partial charge on any atom is 0.303 e. The van der Waals surface area contributed by atoms with Gasteiger partial charge in [0.2, 0.25) is 0 Å². The lowest BCUT2D eigenvalue weighted by molar-refractivity contribution is -0.274. The zero-order valence-corrected chi connectivity index (χ0v) is 24.9. The van der Waals surface area contributed by atoms with Gasteiger partial charge in [-0.2, -0.15) is 0 Å². The first-order valence-electron chi connectivity index (χ1n) is 15.5. The molecule has 0 aromatic carbocycles. The molecule has 0 aromatic heterocycles. The Labute approximate surface area is 229 Å². The molecule has 0 saturated heterocycles. The smallest absolute Gasteiger partial charge is 0.303 e. The summed E-state index contributed by atoms with van der Waals surface area (Å²) >= 11 is 0. The average Bonchev–Trinajstić information content (AvgIpc) is 3.39. The first kappa shape index (κ1) is 28.8. The average molecular weight is 535 g/mol. The van der Waals surface area contributed by atoms with Crippen LogP contribution >= 0.6 is 0 Å². The van der Waals surface area contributed by atoms with E-state index >= 15 is 0 Å². The van der Waals surface area contributed by atoms with E-state index in [4.69, 9.17) is 4.74 Å². The van der Waals surface area contributed by atoms with Crippen molar-refractivity contribution >= 4 is 5.97 Å². The van der Waals surface area contributed by atoms with Gasteiger partial charge in [-0.25, -0.2) is 0 Å². The Kier molecular flexibility index (Phi) is 7.15. The number of carbonyl (C=O) groups excluding carboxylic acids is 1. The minimum absolute atomic E-state index is 0.0420. The topological polar surface area (TPSA) is 107 Å². The van der Waals surface area contributed by atoms with E-state index in [1.165, 1.54) is 13.3 Å². The zero-order valence-electron chi connectivity index (χ0n) is 24.9. The molecule has 5 rings (SSSR count).